The Morgan fingerprint density at radius 1 is 1.16 bits per heavy atom. The first-order valence-corrected chi connectivity index (χ1v) is 11.4. The van der Waals surface area contributed by atoms with Gasteiger partial charge in [0.1, 0.15) is 17.4 Å². The third-order valence-corrected chi connectivity index (χ3v) is 5.99. The molecule has 1 aromatic heterocycles. The highest BCUT2D eigenvalue weighted by atomic mass is 19.1. The molecule has 1 aromatic carbocycles. The van der Waals surface area contributed by atoms with Gasteiger partial charge in [-0.05, 0) is 44.9 Å². The number of imidazole rings is 1. The second-order valence-electron chi connectivity index (χ2n) is 8.77. The molecule has 2 fully saturated rings. The van der Waals surface area contributed by atoms with Gasteiger partial charge >= 0.3 is 0 Å². The van der Waals surface area contributed by atoms with Gasteiger partial charge in [-0.3, -0.25) is 13.8 Å². The quantitative estimate of drug-likeness (QED) is 0.594. The van der Waals surface area contributed by atoms with Crippen molar-refractivity contribution < 1.29 is 27.8 Å². The van der Waals surface area contributed by atoms with Gasteiger partial charge in [-0.1, -0.05) is 0 Å². The van der Waals surface area contributed by atoms with Crippen LogP contribution in [0.1, 0.15) is 51.9 Å². The van der Waals surface area contributed by atoms with Crippen LogP contribution in [0.4, 0.5) is 8.78 Å². The summed E-state index contributed by atoms with van der Waals surface area (Å²) in [7, 11) is 1.81. The Kier molecular flexibility index (Phi) is 7.13. The van der Waals surface area contributed by atoms with E-state index in [1.54, 1.807) is 4.57 Å². The number of rotatable bonds is 10. The van der Waals surface area contributed by atoms with Crippen LogP contribution in [-0.4, -0.2) is 53.1 Å². The smallest absolute Gasteiger partial charge is 0.297 e. The van der Waals surface area contributed by atoms with Crippen molar-refractivity contribution in [2.24, 2.45) is 7.05 Å². The van der Waals surface area contributed by atoms with Gasteiger partial charge in [0.15, 0.2) is 5.82 Å². The number of aryl methyl sites for hydroxylation is 1. The molecule has 2 aliphatic rings. The zero-order valence-corrected chi connectivity index (χ0v) is 18.6. The number of halogens is 2. The average molecular weight is 452 g/mol. The third-order valence-electron chi connectivity index (χ3n) is 5.99. The van der Waals surface area contributed by atoms with E-state index in [0.717, 1.165) is 38.5 Å². The molecule has 1 amide bonds. The lowest BCUT2D eigenvalue weighted by atomic mass is 9.95. The van der Waals surface area contributed by atoms with Crippen LogP contribution in [0.5, 0.6) is 11.8 Å². The summed E-state index contributed by atoms with van der Waals surface area (Å²) in [5.74, 6) is -0.0768. The minimum Gasteiger partial charge on any atom is -0.490 e. The fourth-order valence-corrected chi connectivity index (χ4v) is 4.09. The van der Waals surface area contributed by atoms with Crippen molar-refractivity contribution in [2.45, 2.75) is 76.2 Å². The monoisotopic (exact) mass is 451 g/mol. The summed E-state index contributed by atoms with van der Waals surface area (Å²) in [6, 6.07) is 3.28. The zero-order valence-electron chi connectivity index (χ0n) is 18.6. The fraction of sp³-hybridized carbons (Fsp3) is 0.652. The van der Waals surface area contributed by atoms with Crippen molar-refractivity contribution in [3.8, 4) is 11.8 Å². The Morgan fingerprint density at radius 2 is 1.81 bits per heavy atom. The molecule has 0 spiro atoms. The summed E-state index contributed by atoms with van der Waals surface area (Å²) in [6.45, 7) is 1.22. The van der Waals surface area contributed by atoms with Crippen LogP contribution in [0.3, 0.4) is 0 Å². The predicted molar refractivity (Wildman–Crippen MR) is 115 cm³/mol. The van der Waals surface area contributed by atoms with Gasteiger partial charge in [-0.15, -0.1) is 0 Å². The van der Waals surface area contributed by atoms with Crippen LogP contribution in [-0.2, 0) is 16.6 Å². The average Bonchev–Trinajstić information content (AvgIpc) is 3.51. The zero-order chi connectivity index (χ0) is 22.7. The second kappa shape index (κ2) is 10.0. The SMILES string of the molecule is CC(=O)N[C@@H](CCF)CO[C@H]1CC[C@H](Oc2nc3c(F)cc(OC4CC4)cc3n2C)CC1. The molecule has 0 unspecified atom stereocenters. The summed E-state index contributed by atoms with van der Waals surface area (Å²) in [4.78, 5) is 15.6. The molecule has 1 N–H and O–H groups in total. The highest BCUT2D eigenvalue weighted by Crippen LogP contribution is 2.33. The number of hydrogen-bond acceptors (Lipinski definition) is 5. The molecule has 32 heavy (non-hydrogen) atoms. The lowest BCUT2D eigenvalue weighted by Crippen LogP contribution is -2.39. The Morgan fingerprint density at radius 3 is 2.47 bits per heavy atom. The van der Waals surface area contributed by atoms with E-state index in [1.807, 2.05) is 13.1 Å². The van der Waals surface area contributed by atoms with Gasteiger partial charge in [-0.25, -0.2) is 4.39 Å². The first-order chi connectivity index (χ1) is 15.4. The minimum absolute atomic E-state index is 0.0346. The molecule has 1 heterocycles. The van der Waals surface area contributed by atoms with Gasteiger partial charge in [0.2, 0.25) is 5.91 Å². The van der Waals surface area contributed by atoms with Crippen molar-refractivity contribution in [1.82, 2.24) is 14.9 Å². The molecule has 176 valence electrons. The second-order valence-corrected chi connectivity index (χ2v) is 8.77. The lowest BCUT2D eigenvalue weighted by Gasteiger charge is -2.29. The van der Waals surface area contributed by atoms with E-state index in [2.05, 4.69) is 10.3 Å². The van der Waals surface area contributed by atoms with Crippen LogP contribution < -0.4 is 14.8 Å². The predicted octanol–water partition coefficient (Wildman–Crippen LogP) is 3.82. The molecule has 7 nitrogen and oxygen atoms in total. The minimum atomic E-state index is -0.498. The summed E-state index contributed by atoms with van der Waals surface area (Å²) >= 11 is 0. The highest BCUT2D eigenvalue weighted by molar-refractivity contribution is 5.79. The normalized spacial score (nSPS) is 22.0. The molecule has 2 saturated carbocycles. The van der Waals surface area contributed by atoms with Crippen molar-refractivity contribution in [3.63, 3.8) is 0 Å². The topological polar surface area (TPSA) is 74.6 Å². The maximum Gasteiger partial charge on any atom is 0.297 e. The Bertz CT molecular complexity index is 939. The van der Waals surface area contributed by atoms with Crippen LogP contribution in [0.25, 0.3) is 11.0 Å². The first kappa shape index (κ1) is 22.8. The first-order valence-electron chi connectivity index (χ1n) is 11.4. The van der Waals surface area contributed by atoms with Gasteiger partial charge < -0.3 is 19.5 Å². The van der Waals surface area contributed by atoms with Gasteiger partial charge in [0.05, 0.1) is 37.0 Å². The van der Waals surface area contributed by atoms with Crippen molar-refractivity contribution in [1.29, 1.82) is 0 Å². The number of alkyl halides is 1. The molecule has 0 saturated heterocycles. The summed E-state index contributed by atoms with van der Waals surface area (Å²) < 4.78 is 46.7. The standard InChI is InChI=1S/C23H31F2N3O4/c1-14(29)26-15(9-10-24)13-30-16-3-5-18(6-4-16)32-23-27-22-20(25)11-19(31-17-7-8-17)12-21(22)28(23)2/h11-12,15-18H,3-10,13H2,1-2H3,(H,26,29)/t15-,16-,18-/m0/s1. The van der Waals surface area contributed by atoms with Crippen LogP contribution in [0.2, 0.25) is 0 Å². The Balaban J connectivity index is 1.31. The molecule has 2 aliphatic carbocycles. The van der Waals surface area contributed by atoms with E-state index in [9.17, 15) is 13.6 Å². The van der Waals surface area contributed by atoms with Crippen LogP contribution in [0.15, 0.2) is 12.1 Å². The molecule has 0 radical (unpaired) electrons. The number of carbonyl (C=O) groups excluding carboxylic acids is 1. The number of benzene rings is 1. The van der Waals surface area contributed by atoms with Crippen molar-refractivity contribution in [2.75, 3.05) is 13.3 Å². The molecule has 4 rings (SSSR count). The molecular formula is C23H31F2N3O4. The number of carbonyl (C=O) groups is 1. The summed E-state index contributed by atoms with van der Waals surface area (Å²) in [5, 5.41) is 2.72. The van der Waals surface area contributed by atoms with Crippen molar-refractivity contribution in [3.05, 3.63) is 17.9 Å². The van der Waals surface area contributed by atoms with Gasteiger partial charge in [0.25, 0.3) is 6.01 Å². The maximum absolute atomic E-state index is 14.5. The molecule has 9 heteroatoms. The Labute approximate surface area is 186 Å². The van der Waals surface area contributed by atoms with Gasteiger partial charge in [0, 0.05) is 26.1 Å². The summed E-state index contributed by atoms with van der Waals surface area (Å²) in [6.07, 6.45) is 5.62. The fourth-order valence-electron chi connectivity index (χ4n) is 4.09. The van der Waals surface area contributed by atoms with Crippen LogP contribution >= 0.6 is 0 Å². The Hall–Kier alpha value is -2.42. The number of hydrogen-bond donors (Lipinski definition) is 1. The number of nitrogens with zero attached hydrogens (tertiary/aromatic N) is 2. The lowest BCUT2D eigenvalue weighted by molar-refractivity contribution is -0.120. The number of nitrogens with one attached hydrogen (secondary N) is 1. The number of amides is 1. The van der Waals surface area contributed by atoms with Crippen LogP contribution in [0, 0.1) is 5.82 Å². The summed E-state index contributed by atoms with van der Waals surface area (Å²) in [5.41, 5.74) is 0.920. The number of fused-ring (bicyclic) bond motifs is 1. The maximum atomic E-state index is 14.5. The third kappa shape index (κ3) is 5.68. The van der Waals surface area contributed by atoms with E-state index in [4.69, 9.17) is 14.2 Å². The van der Waals surface area contributed by atoms with E-state index < -0.39 is 12.5 Å². The molecule has 1 atom stereocenters. The molecule has 0 aliphatic heterocycles. The van der Waals surface area contributed by atoms with E-state index in [0.29, 0.717) is 23.9 Å². The molecule has 2 aromatic rings. The number of aromatic nitrogens is 2. The highest BCUT2D eigenvalue weighted by Gasteiger charge is 2.27. The number of ether oxygens (including phenoxy) is 3. The van der Waals surface area contributed by atoms with Gasteiger partial charge in [-0.2, -0.15) is 4.98 Å². The molecular weight excluding hydrogens is 420 g/mol. The van der Waals surface area contributed by atoms with E-state index in [1.165, 1.54) is 13.0 Å². The van der Waals surface area contributed by atoms with E-state index in [-0.39, 0.29) is 42.2 Å². The molecule has 0 bridgehead atoms. The van der Waals surface area contributed by atoms with Crippen molar-refractivity contribution >= 4 is 16.9 Å². The largest absolute Gasteiger partial charge is 0.490 e. The van der Waals surface area contributed by atoms with E-state index >= 15 is 0 Å².